The monoisotopic (exact) mass is 382 g/mol. The van der Waals surface area contributed by atoms with E-state index in [1.54, 1.807) is 55.6 Å². The number of sulfonamides is 1. The Hall–Kier alpha value is -2.25. The first-order valence-electron chi connectivity index (χ1n) is 7.47. The first-order chi connectivity index (χ1) is 11.8. The number of nitrogens with one attached hydrogen (secondary N) is 1. The van der Waals surface area contributed by atoms with Gasteiger partial charge in [-0.1, -0.05) is 17.7 Å². The number of amides is 1. The lowest BCUT2D eigenvalue weighted by molar-refractivity contribution is -0.116. The van der Waals surface area contributed by atoms with Gasteiger partial charge in [-0.3, -0.25) is 9.10 Å². The molecule has 2 aromatic carbocycles. The van der Waals surface area contributed by atoms with Gasteiger partial charge in [-0.2, -0.15) is 0 Å². The molecule has 8 heteroatoms. The van der Waals surface area contributed by atoms with Crippen molar-refractivity contribution in [1.29, 1.82) is 0 Å². The van der Waals surface area contributed by atoms with Crippen LogP contribution in [0.5, 0.6) is 5.75 Å². The number of anilines is 2. The van der Waals surface area contributed by atoms with E-state index in [-0.39, 0.29) is 18.9 Å². The van der Waals surface area contributed by atoms with Gasteiger partial charge in [-0.15, -0.1) is 0 Å². The fourth-order valence-corrected chi connectivity index (χ4v) is 3.32. The second-order valence-corrected chi connectivity index (χ2v) is 7.68. The number of hydrogen-bond donors (Lipinski definition) is 1. The average Bonchev–Trinajstić information content (AvgIpc) is 2.54. The van der Waals surface area contributed by atoms with E-state index < -0.39 is 10.0 Å². The Bertz CT molecular complexity index is 838. The van der Waals surface area contributed by atoms with Gasteiger partial charge in [0.25, 0.3) is 0 Å². The van der Waals surface area contributed by atoms with Crippen LogP contribution in [-0.4, -0.2) is 34.2 Å². The lowest BCUT2D eigenvalue weighted by Crippen LogP contribution is -2.33. The van der Waals surface area contributed by atoms with Crippen molar-refractivity contribution >= 4 is 38.9 Å². The van der Waals surface area contributed by atoms with Crippen LogP contribution in [-0.2, 0) is 14.8 Å². The molecule has 0 saturated heterocycles. The number of ether oxygens (including phenoxy) is 1. The van der Waals surface area contributed by atoms with Crippen LogP contribution in [0.4, 0.5) is 11.4 Å². The number of halogens is 1. The summed E-state index contributed by atoms with van der Waals surface area (Å²) in [7, 11) is -1.98. The van der Waals surface area contributed by atoms with Crippen LogP contribution in [0.25, 0.3) is 0 Å². The van der Waals surface area contributed by atoms with Crippen LogP contribution in [0.15, 0.2) is 48.5 Å². The average molecular weight is 383 g/mol. The van der Waals surface area contributed by atoms with E-state index in [1.165, 1.54) is 0 Å². The van der Waals surface area contributed by atoms with Crippen LogP contribution < -0.4 is 14.4 Å². The lowest BCUT2D eigenvalue weighted by Gasteiger charge is -2.22. The van der Waals surface area contributed by atoms with E-state index in [1.807, 2.05) is 0 Å². The Balaban J connectivity index is 2.03. The minimum absolute atomic E-state index is 0.00557. The molecule has 134 valence electrons. The zero-order chi connectivity index (χ0) is 18.4. The molecule has 0 aliphatic heterocycles. The Morgan fingerprint density at radius 2 is 1.88 bits per heavy atom. The van der Waals surface area contributed by atoms with E-state index in [4.69, 9.17) is 16.3 Å². The molecule has 0 bridgehead atoms. The molecule has 0 radical (unpaired) electrons. The molecular weight excluding hydrogens is 364 g/mol. The minimum atomic E-state index is -3.53. The summed E-state index contributed by atoms with van der Waals surface area (Å²) in [5, 5.41) is 3.15. The number of benzene rings is 2. The molecule has 1 N–H and O–H groups in total. The second-order valence-electron chi connectivity index (χ2n) is 5.34. The minimum Gasteiger partial charge on any atom is -0.497 e. The number of hydrogen-bond acceptors (Lipinski definition) is 4. The maximum atomic E-state index is 12.1. The number of nitrogens with zero attached hydrogens (tertiary/aromatic N) is 1. The number of methoxy groups -OCH3 is 1. The van der Waals surface area contributed by atoms with E-state index in [0.717, 1.165) is 10.6 Å². The largest absolute Gasteiger partial charge is 0.497 e. The zero-order valence-corrected chi connectivity index (χ0v) is 15.5. The van der Waals surface area contributed by atoms with Crippen LogP contribution in [0.3, 0.4) is 0 Å². The normalized spacial score (nSPS) is 11.0. The van der Waals surface area contributed by atoms with Gasteiger partial charge in [0.2, 0.25) is 15.9 Å². The van der Waals surface area contributed by atoms with Crippen molar-refractivity contribution in [3.05, 3.63) is 53.6 Å². The SMILES string of the molecule is COc1ccc(NC(=O)CCN(c2cccc(Cl)c2)S(C)(=O)=O)cc1. The molecule has 0 spiro atoms. The summed E-state index contributed by atoms with van der Waals surface area (Å²) in [6, 6.07) is 13.4. The highest BCUT2D eigenvalue weighted by Gasteiger charge is 2.19. The quantitative estimate of drug-likeness (QED) is 0.798. The summed E-state index contributed by atoms with van der Waals surface area (Å²) in [6.45, 7) is 0.0150. The summed E-state index contributed by atoms with van der Waals surface area (Å²) in [5.41, 5.74) is 1.03. The number of carbonyl (C=O) groups excluding carboxylic acids is 1. The smallest absolute Gasteiger partial charge is 0.232 e. The summed E-state index contributed by atoms with van der Waals surface area (Å²) in [5.74, 6) is 0.392. The molecule has 6 nitrogen and oxygen atoms in total. The number of carbonyl (C=O) groups is 1. The third kappa shape index (κ3) is 5.65. The molecule has 0 aliphatic carbocycles. The molecule has 2 rings (SSSR count). The van der Waals surface area contributed by atoms with Crippen LogP contribution in [0.1, 0.15) is 6.42 Å². The predicted octanol–water partition coefficient (Wildman–Crippen LogP) is 3.14. The van der Waals surface area contributed by atoms with Crippen molar-refractivity contribution in [2.45, 2.75) is 6.42 Å². The van der Waals surface area contributed by atoms with E-state index >= 15 is 0 Å². The third-order valence-corrected chi connectivity index (χ3v) is 4.84. The summed E-state index contributed by atoms with van der Waals surface area (Å²) < 4.78 is 30.3. The lowest BCUT2D eigenvalue weighted by atomic mass is 10.2. The standard InChI is InChI=1S/C17H19ClN2O4S/c1-24-16-8-6-14(7-9-16)19-17(21)10-11-20(25(2,22)23)15-5-3-4-13(18)12-15/h3-9,12H,10-11H2,1-2H3,(H,19,21). The molecular formula is C17H19ClN2O4S. The highest BCUT2D eigenvalue weighted by Crippen LogP contribution is 2.22. The molecule has 25 heavy (non-hydrogen) atoms. The fraction of sp³-hybridized carbons (Fsp3) is 0.235. The highest BCUT2D eigenvalue weighted by atomic mass is 35.5. The molecule has 0 unspecified atom stereocenters. The molecule has 0 aliphatic rings. The van der Waals surface area contributed by atoms with Gasteiger partial charge in [0, 0.05) is 23.7 Å². The third-order valence-electron chi connectivity index (χ3n) is 3.41. The maximum absolute atomic E-state index is 12.1. The van der Waals surface area contributed by atoms with Crippen molar-refractivity contribution in [3.63, 3.8) is 0 Å². The van der Waals surface area contributed by atoms with Crippen molar-refractivity contribution in [2.24, 2.45) is 0 Å². The van der Waals surface area contributed by atoms with Gasteiger partial charge < -0.3 is 10.1 Å². The van der Waals surface area contributed by atoms with Gasteiger partial charge >= 0.3 is 0 Å². The Kier molecular flexibility index (Phi) is 6.27. The van der Waals surface area contributed by atoms with Crippen LogP contribution >= 0.6 is 11.6 Å². The maximum Gasteiger partial charge on any atom is 0.232 e. The predicted molar refractivity (Wildman–Crippen MR) is 99.9 cm³/mol. The van der Waals surface area contributed by atoms with Gasteiger partial charge in [-0.05, 0) is 42.5 Å². The summed E-state index contributed by atoms with van der Waals surface area (Å²) in [4.78, 5) is 12.1. The molecule has 0 heterocycles. The van der Waals surface area contributed by atoms with Crippen molar-refractivity contribution < 1.29 is 17.9 Å². The van der Waals surface area contributed by atoms with Crippen molar-refractivity contribution in [3.8, 4) is 5.75 Å². The molecule has 1 amide bonds. The fourth-order valence-electron chi connectivity index (χ4n) is 2.22. The molecule has 2 aromatic rings. The van der Waals surface area contributed by atoms with Crippen molar-refractivity contribution in [2.75, 3.05) is 29.5 Å². The topological polar surface area (TPSA) is 75.7 Å². The van der Waals surface area contributed by atoms with Gasteiger partial charge in [-0.25, -0.2) is 8.42 Å². The first kappa shape index (κ1) is 19.1. The van der Waals surface area contributed by atoms with Gasteiger partial charge in [0.05, 0.1) is 19.1 Å². The van der Waals surface area contributed by atoms with Crippen molar-refractivity contribution in [1.82, 2.24) is 0 Å². The Labute approximate surface area is 152 Å². The van der Waals surface area contributed by atoms with E-state index in [2.05, 4.69) is 5.32 Å². The van der Waals surface area contributed by atoms with Gasteiger partial charge in [0.1, 0.15) is 5.75 Å². The van der Waals surface area contributed by atoms with Gasteiger partial charge in [0.15, 0.2) is 0 Å². The van der Waals surface area contributed by atoms with E-state index in [0.29, 0.717) is 22.1 Å². The van der Waals surface area contributed by atoms with Crippen LogP contribution in [0.2, 0.25) is 5.02 Å². The summed E-state index contributed by atoms with van der Waals surface area (Å²) in [6.07, 6.45) is 1.10. The molecule has 0 aromatic heterocycles. The zero-order valence-electron chi connectivity index (χ0n) is 13.9. The second kappa shape index (κ2) is 8.22. The van der Waals surface area contributed by atoms with E-state index in [9.17, 15) is 13.2 Å². The highest BCUT2D eigenvalue weighted by molar-refractivity contribution is 7.92. The van der Waals surface area contributed by atoms with Crippen LogP contribution in [0, 0.1) is 0 Å². The summed E-state index contributed by atoms with van der Waals surface area (Å²) >= 11 is 5.92. The molecule has 0 fully saturated rings. The first-order valence-corrected chi connectivity index (χ1v) is 9.69. The Morgan fingerprint density at radius 1 is 1.20 bits per heavy atom. The molecule has 0 saturated carbocycles. The number of rotatable bonds is 7. The Morgan fingerprint density at radius 3 is 2.44 bits per heavy atom. The molecule has 0 atom stereocenters.